The monoisotopic (exact) mass is 221 g/mol. The molecule has 1 aliphatic rings. The zero-order valence-corrected chi connectivity index (χ0v) is 8.28. The molecule has 0 radical (unpaired) electrons. The normalized spacial score (nSPS) is 26.9. The fourth-order valence-corrected chi connectivity index (χ4v) is 1.80. The Labute approximate surface area is 80.6 Å². The highest BCUT2D eigenvalue weighted by molar-refractivity contribution is 7.51. The molecule has 0 unspecified atom stereocenters. The third kappa shape index (κ3) is 2.65. The van der Waals surface area contributed by atoms with Crippen LogP contribution in [0.4, 0.5) is 0 Å². The first-order valence-corrected chi connectivity index (χ1v) is 5.77. The summed E-state index contributed by atoms with van der Waals surface area (Å²) in [5.41, 5.74) is 4.90. The Balaban J connectivity index is 2.49. The van der Waals surface area contributed by atoms with E-state index in [9.17, 15) is 9.36 Å². The Morgan fingerprint density at radius 2 is 2.07 bits per heavy atom. The van der Waals surface area contributed by atoms with Gasteiger partial charge in [-0.1, -0.05) is 11.6 Å². The van der Waals surface area contributed by atoms with Crippen LogP contribution in [0, 0.1) is 0 Å². The molecule has 0 amide bonds. The lowest BCUT2D eigenvalue weighted by Gasteiger charge is -2.36. The Bertz CT molecular complexity index is 323. The van der Waals surface area contributed by atoms with Gasteiger partial charge in [0.05, 0.1) is 6.16 Å². The molecule has 0 aromatic carbocycles. The highest BCUT2D eigenvalue weighted by atomic mass is 31.2. The second-order valence-electron chi connectivity index (χ2n) is 3.52. The number of nitrogens with two attached hydrogens (primary N) is 1. The van der Waals surface area contributed by atoms with Crippen molar-refractivity contribution < 1.29 is 24.3 Å². The fourth-order valence-electron chi connectivity index (χ4n) is 1.30. The molecule has 7 heteroatoms. The molecule has 14 heavy (non-hydrogen) atoms. The third-order valence-corrected chi connectivity index (χ3v) is 2.79. The highest BCUT2D eigenvalue weighted by Gasteiger charge is 2.43. The zero-order valence-electron chi connectivity index (χ0n) is 7.38. The van der Waals surface area contributed by atoms with Gasteiger partial charge < -0.3 is 20.6 Å². The van der Waals surface area contributed by atoms with Crippen LogP contribution in [0.5, 0.6) is 0 Å². The molecule has 1 rings (SSSR count). The summed E-state index contributed by atoms with van der Waals surface area (Å²) in [6, 6.07) is 0. The second-order valence-corrected chi connectivity index (χ2v) is 5.22. The minimum Gasteiger partial charge on any atom is -0.480 e. The van der Waals surface area contributed by atoms with Crippen LogP contribution >= 0.6 is 7.60 Å². The highest BCUT2D eigenvalue weighted by Crippen LogP contribution is 2.39. The number of aliphatic carboxylic acids is 1. The van der Waals surface area contributed by atoms with Crippen molar-refractivity contribution in [1.29, 1.82) is 0 Å². The quantitative estimate of drug-likeness (QED) is 0.382. The van der Waals surface area contributed by atoms with Gasteiger partial charge in [-0.05, 0) is 12.8 Å². The van der Waals surface area contributed by atoms with Crippen LogP contribution in [0.3, 0.4) is 0 Å². The van der Waals surface area contributed by atoms with Crippen LogP contribution in [-0.4, -0.2) is 32.6 Å². The summed E-state index contributed by atoms with van der Waals surface area (Å²) >= 11 is 0. The van der Waals surface area contributed by atoms with Crippen LogP contribution in [0.1, 0.15) is 12.8 Å². The summed E-state index contributed by atoms with van der Waals surface area (Å²) in [5, 5.41) is 8.63. The Morgan fingerprint density at radius 1 is 1.57 bits per heavy atom. The van der Waals surface area contributed by atoms with E-state index in [4.69, 9.17) is 20.6 Å². The summed E-state index contributed by atoms with van der Waals surface area (Å²) in [4.78, 5) is 27.6. The largest absolute Gasteiger partial charge is 0.480 e. The van der Waals surface area contributed by atoms with Crippen LogP contribution in [-0.2, 0) is 9.36 Å². The summed E-state index contributed by atoms with van der Waals surface area (Å²) < 4.78 is 10.5. The van der Waals surface area contributed by atoms with Crippen molar-refractivity contribution >= 4 is 13.6 Å². The molecule has 0 spiro atoms. The van der Waals surface area contributed by atoms with E-state index < -0.39 is 19.1 Å². The predicted octanol–water partition coefficient (Wildman–Crippen LogP) is -0.334. The fraction of sp³-hybridized carbons (Fsp3) is 0.571. The van der Waals surface area contributed by atoms with Crippen molar-refractivity contribution in [1.82, 2.24) is 0 Å². The molecule has 1 saturated carbocycles. The lowest BCUT2D eigenvalue weighted by atomic mass is 9.73. The Kier molecular flexibility index (Phi) is 2.83. The van der Waals surface area contributed by atoms with Gasteiger partial charge in [-0.15, -0.1) is 0 Å². The lowest BCUT2D eigenvalue weighted by Crippen LogP contribution is -2.54. The third-order valence-electron chi connectivity index (χ3n) is 2.13. The van der Waals surface area contributed by atoms with Crippen molar-refractivity contribution in [3.63, 3.8) is 0 Å². The molecular weight excluding hydrogens is 209 g/mol. The summed E-state index contributed by atoms with van der Waals surface area (Å²) in [5.74, 6) is -1.08. The van der Waals surface area contributed by atoms with E-state index in [0.717, 1.165) is 0 Å². The Hall–Kier alpha value is -0.680. The van der Waals surface area contributed by atoms with Crippen molar-refractivity contribution in [3.05, 3.63) is 11.6 Å². The first kappa shape index (κ1) is 11.4. The van der Waals surface area contributed by atoms with E-state index in [2.05, 4.69) is 0 Å². The maximum atomic E-state index is 10.5. The van der Waals surface area contributed by atoms with E-state index in [-0.39, 0.29) is 19.0 Å². The van der Waals surface area contributed by atoms with Gasteiger partial charge in [-0.3, -0.25) is 9.36 Å². The maximum Gasteiger partial charge on any atom is 0.329 e. The van der Waals surface area contributed by atoms with Crippen molar-refractivity contribution in [2.24, 2.45) is 5.73 Å². The standard InChI is InChI=1S/C7H12NO5P/c8-7(6(9)10)3-5(4-7)1-2-14(11,12)13/h1H,2-4,8H2,(H,9,10)(H2,11,12,13). The van der Waals surface area contributed by atoms with Gasteiger partial charge in [0, 0.05) is 0 Å². The number of hydrogen-bond acceptors (Lipinski definition) is 3. The molecule has 5 N–H and O–H groups in total. The molecule has 1 fully saturated rings. The van der Waals surface area contributed by atoms with Gasteiger partial charge in [0.1, 0.15) is 5.54 Å². The van der Waals surface area contributed by atoms with Crippen molar-refractivity contribution in [3.8, 4) is 0 Å². The van der Waals surface area contributed by atoms with Gasteiger partial charge in [0.2, 0.25) is 0 Å². The predicted molar refractivity (Wildman–Crippen MR) is 48.8 cm³/mol. The van der Waals surface area contributed by atoms with E-state index in [1.807, 2.05) is 0 Å². The number of hydrogen-bond donors (Lipinski definition) is 4. The first-order valence-electron chi connectivity index (χ1n) is 3.98. The smallest absolute Gasteiger partial charge is 0.329 e. The Morgan fingerprint density at radius 3 is 2.43 bits per heavy atom. The number of carboxylic acid groups (broad SMARTS) is 1. The molecule has 0 heterocycles. The number of allylic oxidation sites excluding steroid dienone is 1. The van der Waals surface area contributed by atoms with E-state index >= 15 is 0 Å². The van der Waals surface area contributed by atoms with Crippen molar-refractivity contribution in [2.75, 3.05) is 6.16 Å². The van der Waals surface area contributed by atoms with Gasteiger partial charge in [-0.2, -0.15) is 0 Å². The lowest BCUT2D eigenvalue weighted by molar-refractivity contribution is -0.144. The second kappa shape index (κ2) is 3.47. The van der Waals surface area contributed by atoms with Crippen LogP contribution < -0.4 is 5.73 Å². The summed E-state index contributed by atoms with van der Waals surface area (Å²) in [7, 11) is -4.03. The molecule has 80 valence electrons. The van der Waals surface area contributed by atoms with Gasteiger partial charge in [0.15, 0.2) is 0 Å². The molecule has 0 aromatic rings. The molecule has 6 nitrogen and oxygen atoms in total. The van der Waals surface area contributed by atoms with Crippen LogP contribution in [0.15, 0.2) is 11.6 Å². The van der Waals surface area contributed by atoms with E-state index in [0.29, 0.717) is 5.57 Å². The average Bonchev–Trinajstić information content (AvgIpc) is 1.93. The molecule has 0 aromatic heterocycles. The van der Waals surface area contributed by atoms with E-state index in [1.165, 1.54) is 6.08 Å². The van der Waals surface area contributed by atoms with Crippen LogP contribution in [0.2, 0.25) is 0 Å². The SMILES string of the molecule is NC1(C(=O)O)CC(=CCP(=O)(O)O)C1. The van der Waals surface area contributed by atoms with Gasteiger partial charge >= 0.3 is 13.6 Å². The summed E-state index contributed by atoms with van der Waals surface area (Å²) in [6.45, 7) is 0. The summed E-state index contributed by atoms with van der Waals surface area (Å²) in [6.07, 6.45) is 1.36. The molecule has 0 aliphatic heterocycles. The van der Waals surface area contributed by atoms with E-state index in [1.54, 1.807) is 0 Å². The molecule has 1 aliphatic carbocycles. The average molecular weight is 221 g/mol. The van der Waals surface area contributed by atoms with Gasteiger partial charge in [0.25, 0.3) is 0 Å². The molecule has 0 atom stereocenters. The number of carboxylic acids is 1. The van der Waals surface area contributed by atoms with Gasteiger partial charge in [-0.25, -0.2) is 0 Å². The molecular formula is C7H12NO5P. The number of carbonyl (C=O) groups is 1. The topological polar surface area (TPSA) is 121 Å². The number of rotatable bonds is 3. The zero-order chi connectivity index (χ0) is 11.0. The molecule has 0 saturated heterocycles. The van der Waals surface area contributed by atoms with Crippen molar-refractivity contribution in [2.45, 2.75) is 18.4 Å². The molecule has 0 bridgehead atoms. The maximum absolute atomic E-state index is 10.5. The first-order chi connectivity index (χ1) is 6.23. The minimum atomic E-state index is -4.03. The van der Waals surface area contributed by atoms with Crippen LogP contribution in [0.25, 0.3) is 0 Å². The minimum absolute atomic E-state index is 0.169.